The molecule has 5 N–H and O–H groups in total. The van der Waals surface area contributed by atoms with E-state index in [1.807, 2.05) is 4.90 Å². The number of likely N-dealkylation sites (N-methyl/N-ethyl adjacent to an activating group) is 1. The topological polar surface area (TPSA) is 178 Å². The third-order valence-corrected chi connectivity index (χ3v) is 6.56. The van der Waals surface area contributed by atoms with Crippen molar-refractivity contribution in [2.75, 3.05) is 53.4 Å². The lowest BCUT2D eigenvalue weighted by Crippen LogP contribution is -2.54. The molecule has 4 amide bonds. The second kappa shape index (κ2) is 16.6. The Balaban J connectivity index is 0.00000560. The van der Waals surface area contributed by atoms with Gasteiger partial charge in [-0.3, -0.25) is 24.2 Å². The molecule has 40 heavy (non-hydrogen) atoms. The monoisotopic (exact) mass is 580 g/mol. The lowest BCUT2D eigenvalue weighted by molar-refractivity contribution is -0.139. The van der Waals surface area contributed by atoms with E-state index in [4.69, 9.17) is 5.84 Å². The number of amides is 4. The van der Waals surface area contributed by atoms with Gasteiger partial charge in [-0.15, -0.1) is 12.4 Å². The summed E-state index contributed by atoms with van der Waals surface area (Å²) in [4.78, 5) is 64.6. The fraction of sp³-hybridized carbons (Fsp3) is 0.640. The number of nitrogens with zero attached hydrogens (tertiary/aromatic N) is 6. The highest BCUT2D eigenvalue weighted by atomic mass is 35.5. The van der Waals surface area contributed by atoms with Crippen LogP contribution >= 0.6 is 12.4 Å². The molecule has 3 rings (SSSR count). The van der Waals surface area contributed by atoms with E-state index in [-0.39, 0.29) is 79.7 Å². The molecule has 2 aliphatic rings. The second-order valence-electron chi connectivity index (χ2n) is 10.2. The van der Waals surface area contributed by atoms with Crippen LogP contribution in [0.2, 0.25) is 0 Å². The summed E-state index contributed by atoms with van der Waals surface area (Å²) in [5, 5.41) is 12.0. The summed E-state index contributed by atoms with van der Waals surface area (Å²) in [6.07, 6.45) is 9.30. The highest BCUT2D eigenvalue weighted by Gasteiger charge is 2.37. The van der Waals surface area contributed by atoms with Crippen LogP contribution in [-0.4, -0.2) is 120 Å². The number of likely N-dealkylation sites (tertiary alicyclic amines) is 1. The van der Waals surface area contributed by atoms with E-state index in [1.54, 1.807) is 30.2 Å². The van der Waals surface area contributed by atoms with Crippen LogP contribution < -0.4 is 21.8 Å². The van der Waals surface area contributed by atoms with Crippen LogP contribution in [0.25, 0.3) is 0 Å². The van der Waals surface area contributed by atoms with Gasteiger partial charge in [0.25, 0.3) is 5.91 Å². The molecular formula is C25H41ClN10O4. The van der Waals surface area contributed by atoms with E-state index in [0.29, 0.717) is 6.54 Å². The number of aromatic nitrogens is 2. The molecule has 222 valence electrons. The fourth-order valence-corrected chi connectivity index (χ4v) is 4.56. The standard InChI is InChI=1S/C25H40N10O4.ClH/c1-33(2)16-23(37)32-20(12-22(36)30-13-18-4-3-10-34(15-18)17-31-26)25(39)35(19-5-6-19)11-9-29-24(38)21-14-27-7-8-28-21;/h7-8,14,17-20H,3-6,9-13,15-16,26H2,1-2H3,(H,29,38)(H,30,36)(H,32,37);1H/t18-,20-;/m0./s1. The highest BCUT2D eigenvalue weighted by molar-refractivity contribution is 5.93. The Labute approximate surface area is 240 Å². The Bertz CT molecular complexity index is 1010. The van der Waals surface area contributed by atoms with Gasteiger partial charge in [-0.2, -0.15) is 5.10 Å². The van der Waals surface area contributed by atoms with Crippen LogP contribution in [-0.2, 0) is 14.4 Å². The van der Waals surface area contributed by atoms with Gasteiger partial charge in [0.05, 0.1) is 19.2 Å². The van der Waals surface area contributed by atoms with Crippen LogP contribution in [0.3, 0.4) is 0 Å². The molecule has 0 bridgehead atoms. The van der Waals surface area contributed by atoms with E-state index < -0.39 is 6.04 Å². The third-order valence-electron chi connectivity index (χ3n) is 6.56. The van der Waals surface area contributed by atoms with Gasteiger partial charge in [0, 0.05) is 51.2 Å². The first-order chi connectivity index (χ1) is 18.8. The Morgan fingerprint density at radius 2 is 1.95 bits per heavy atom. The first-order valence-electron chi connectivity index (χ1n) is 13.3. The third kappa shape index (κ3) is 10.9. The largest absolute Gasteiger partial charge is 0.361 e. The summed E-state index contributed by atoms with van der Waals surface area (Å²) in [6.45, 7) is 2.60. The minimum atomic E-state index is -1.01. The number of hydrazone groups is 1. The molecule has 0 aromatic carbocycles. The van der Waals surface area contributed by atoms with E-state index in [2.05, 4.69) is 31.0 Å². The Kier molecular flexibility index (Phi) is 13.5. The molecule has 0 radical (unpaired) electrons. The molecule has 1 saturated carbocycles. The number of nitrogens with one attached hydrogen (secondary N) is 3. The van der Waals surface area contributed by atoms with Crippen molar-refractivity contribution in [3.05, 3.63) is 24.3 Å². The van der Waals surface area contributed by atoms with Crippen molar-refractivity contribution in [2.45, 2.75) is 44.2 Å². The normalized spacial score (nSPS) is 17.6. The molecule has 1 aliphatic carbocycles. The van der Waals surface area contributed by atoms with Crippen molar-refractivity contribution >= 4 is 42.4 Å². The van der Waals surface area contributed by atoms with Crippen molar-refractivity contribution in [3.8, 4) is 0 Å². The Morgan fingerprint density at radius 3 is 2.60 bits per heavy atom. The van der Waals surface area contributed by atoms with E-state index in [9.17, 15) is 19.2 Å². The molecule has 2 heterocycles. The molecule has 14 nitrogen and oxygen atoms in total. The van der Waals surface area contributed by atoms with E-state index >= 15 is 0 Å². The average Bonchev–Trinajstić information content (AvgIpc) is 3.75. The van der Waals surface area contributed by atoms with E-state index in [0.717, 1.165) is 38.8 Å². The van der Waals surface area contributed by atoms with Crippen LogP contribution in [0, 0.1) is 5.92 Å². The number of hydrogen-bond acceptors (Lipinski definition) is 9. The molecule has 15 heteroatoms. The zero-order chi connectivity index (χ0) is 28.2. The first-order valence-corrected chi connectivity index (χ1v) is 13.3. The van der Waals surface area contributed by atoms with Crippen molar-refractivity contribution in [1.82, 2.24) is 40.6 Å². The van der Waals surface area contributed by atoms with Crippen molar-refractivity contribution < 1.29 is 19.2 Å². The second-order valence-corrected chi connectivity index (χ2v) is 10.2. The van der Waals surface area contributed by atoms with Crippen molar-refractivity contribution in [2.24, 2.45) is 16.9 Å². The van der Waals surface area contributed by atoms with Crippen molar-refractivity contribution in [1.29, 1.82) is 0 Å². The van der Waals surface area contributed by atoms with Gasteiger partial charge < -0.3 is 36.5 Å². The molecule has 0 unspecified atom stereocenters. The predicted molar refractivity (Wildman–Crippen MR) is 151 cm³/mol. The zero-order valence-corrected chi connectivity index (χ0v) is 23.9. The smallest absolute Gasteiger partial charge is 0.271 e. The molecule has 0 spiro atoms. The zero-order valence-electron chi connectivity index (χ0n) is 23.1. The van der Waals surface area contributed by atoms with Gasteiger partial charge in [-0.1, -0.05) is 0 Å². The lowest BCUT2D eigenvalue weighted by Gasteiger charge is -2.31. The minimum absolute atomic E-state index is 0. The van der Waals surface area contributed by atoms with Crippen LogP contribution in [0.1, 0.15) is 42.6 Å². The van der Waals surface area contributed by atoms with Crippen LogP contribution in [0.4, 0.5) is 0 Å². The Morgan fingerprint density at radius 1 is 1.18 bits per heavy atom. The summed E-state index contributed by atoms with van der Waals surface area (Å²) in [7, 11) is 3.50. The van der Waals surface area contributed by atoms with Gasteiger partial charge in [-0.05, 0) is 45.7 Å². The number of hydrogen-bond donors (Lipinski definition) is 4. The summed E-state index contributed by atoms with van der Waals surface area (Å²) < 4.78 is 0. The molecule has 1 saturated heterocycles. The lowest BCUT2D eigenvalue weighted by atomic mass is 9.98. The summed E-state index contributed by atoms with van der Waals surface area (Å²) >= 11 is 0. The number of halogens is 1. The minimum Gasteiger partial charge on any atom is -0.361 e. The quantitative estimate of drug-likeness (QED) is 0.0909. The average molecular weight is 581 g/mol. The number of rotatable bonds is 14. The van der Waals surface area contributed by atoms with Crippen LogP contribution in [0.5, 0.6) is 0 Å². The molecule has 2 atom stereocenters. The molecule has 1 aromatic rings. The molecule has 1 aromatic heterocycles. The van der Waals surface area contributed by atoms with Crippen LogP contribution in [0.15, 0.2) is 23.7 Å². The van der Waals surface area contributed by atoms with Gasteiger partial charge in [0.15, 0.2) is 0 Å². The summed E-state index contributed by atoms with van der Waals surface area (Å²) in [5.41, 5.74) is 0.184. The molecule has 1 aliphatic heterocycles. The van der Waals surface area contributed by atoms with Crippen molar-refractivity contribution in [3.63, 3.8) is 0 Å². The molecular weight excluding hydrogens is 540 g/mol. The Hall–Kier alpha value is -3.52. The maximum Gasteiger partial charge on any atom is 0.271 e. The van der Waals surface area contributed by atoms with Gasteiger partial charge in [0.2, 0.25) is 17.7 Å². The van der Waals surface area contributed by atoms with Gasteiger partial charge in [-0.25, -0.2) is 4.98 Å². The summed E-state index contributed by atoms with van der Waals surface area (Å²) in [5.74, 6) is 4.11. The number of carbonyl (C=O) groups is 4. The molecule has 2 fully saturated rings. The number of piperidine rings is 1. The SMILES string of the molecule is CN(C)CC(=O)N[C@@H](CC(=O)NC[C@@H]1CCCN(C=NN)C1)C(=O)N(CCNC(=O)c1cnccn1)C1CC1.Cl. The van der Waals surface area contributed by atoms with Gasteiger partial charge >= 0.3 is 0 Å². The number of nitrogens with two attached hydrogens (primary N) is 1. The maximum atomic E-state index is 13.6. The number of carbonyl (C=O) groups excluding carboxylic acids is 4. The highest BCUT2D eigenvalue weighted by Crippen LogP contribution is 2.27. The van der Waals surface area contributed by atoms with Gasteiger partial charge in [0.1, 0.15) is 18.1 Å². The predicted octanol–water partition coefficient (Wildman–Crippen LogP) is -1.21. The van der Waals surface area contributed by atoms with E-state index in [1.165, 1.54) is 18.6 Å². The summed E-state index contributed by atoms with van der Waals surface area (Å²) in [6, 6.07) is -0.999. The fourth-order valence-electron chi connectivity index (χ4n) is 4.56. The maximum absolute atomic E-state index is 13.6. The first kappa shape index (κ1) is 32.7.